The van der Waals surface area contributed by atoms with Crippen LogP contribution in [0.5, 0.6) is 0 Å². The summed E-state index contributed by atoms with van der Waals surface area (Å²) in [5.41, 5.74) is 0.735. The molecule has 0 spiro atoms. The van der Waals surface area contributed by atoms with Gasteiger partial charge in [-0.2, -0.15) is 0 Å². The molecule has 0 atom stereocenters. The summed E-state index contributed by atoms with van der Waals surface area (Å²) in [4.78, 5) is 34.7. The topological polar surface area (TPSA) is 88.6 Å². The highest BCUT2D eigenvalue weighted by Gasteiger charge is 2.23. The molecule has 1 amide bonds. The Morgan fingerprint density at radius 1 is 1.00 bits per heavy atom. The number of para-hydroxylation sites is 1. The predicted octanol–water partition coefficient (Wildman–Crippen LogP) is 2.77. The number of aryl methyl sites for hydroxylation is 2. The summed E-state index contributed by atoms with van der Waals surface area (Å²) in [7, 11) is 0. The number of hydrogen-bond acceptors (Lipinski definition) is 6. The first-order valence-corrected chi connectivity index (χ1v) is 12.3. The van der Waals surface area contributed by atoms with Crippen molar-refractivity contribution in [2.75, 3.05) is 31.1 Å². The maximum atomic E-state index is 13.2. The van der Waals surface area contributed by atoms with Gasteiger partial charge < -0.3 is 9.80 Å². The molecule has 0 unspecified atom stereocenters. The molecule has 0 saturated carbocycles. The lowest BCUT2D eigenvalue weighted by Crippen LogP contribution is -2.49. The van der Waals surface area contributed by atoms with Crippen molar-refractivity contribution < 1.29 is 4.79 Å². The Hall–Kier alpha value is -3.75. The van der Waals surface area contributed by atoms with Crippen LogP contribution >= 0.6 is 0 Å². The van der Waals surface area contributed by atoms with Crippen LogP contribution in [0.4, 0.5) is 5.82 Å². The molecule has 1 saturated heterocycles. The number of rotatable bonds is 7. The molecule has 9 nitrogen and oxygen atoms in total. The lowest BCUT2D eigenvalue weighted by molar-refractivity contribution is -0.131. The average Bonchev–Trinajstić information content (AvgIpc) is 3.31. The third kappa shape index (κ3) is 4.62. The first-order valence-electron chi connectivity index (χ1n) is 12.3. The molecule has 0 N–H and O–H groups in total. The Morgan fingerprint density at radius 3 is 2.51 bits per heavy atom. The van der Waals surface area contributed by atoms with E-state index in [2.05, 4.69) is 33.9 Å². The zero-order valence-corrected chi connectivity index (χ0v) is 20.3. The van der Waals surface area contributed by atoms with E-state index in [4.69, 9.17) is 0 Å². The van der Waals surface area contributed by atoms with Crippen LogP contribution in [0.2, 0.25) is 0 Å². The normalized spacial score (nSPS) is 14.4. The first-order chi connectivity index (χ1) is 17.0. The SMILES string of the molecule is CC(C)CCn1c(=O)c2ccccc2n2c(CCC(=O)N3CCN(c4ccccn4)CC3)nnc12. The smallest absolute Gasteiger partial charge is 0.262 e. The third-order valence-electron chi connectivity index (χ3n) is 6.67. The van der Waals surface area contributed by atoms with Crippen molar-refractivity contribution in [3.8, 4) is 0 Å². The summed E-state index contributed by atoms with van der Waals surface area (Å²) in [6.45, 7) is 7.75. The Balaban J connectivity index is 1.33. The summed E-state index contributed by atoms with van der Waals surface area (Å²) in [6, 6.07) is 13.4. The quantitative estimate of drug-likeness (QED) is 0.410. The van der Waals surface area contributed by atoms with Crippen LogP contribution in [-0.4, -0.2) is 61.1 Å². The molecular weight excluding hydrogens is 442 g/mol. The molecule has 9 heteroatoms. The lowest BCUT2D eigenvalue weighted by Gasteiger charge is -2.35. The highest BCUT2D eigenvalue weighted by Crippen LogP contribution is 2.18. The molecule has 0 bridgehead atoms. The number of amides is 1. The third-order valence-corrected chi connectivity index (χ3v) is 6.67. The van der Waals surface area contributed by atoms with Gasteiger partial charge in [0.2, 0.25) is 11.7 Å². The first kappa shape index (κ1) is 23.0. The maximum absolute atomic E-state index is 13.2. The van der Waals surface area contributed by atoms with Crippen molar-refractivity contribution in [3.63, 3.8) is 0 Å². The highest BCUT2D eigenvalue weighted by atomic mass is 16.2. The van der Waals surface area contributed by atoms with Crippen LogP contribution < -0.4 is 10.5 Å². The van der Waals surface area contributed by atoms with Gasteiger partial charge in [-0.05, 0) is 36.6 Å². The summed E-state index contributed by atoms with van der Waals surface area (Å²) < 4.78 is 3.67. The van der Waals surface area contributed by atoms with E-state index in [1.807, 2.05) is 51.8 Å². The van der Waals surface area contributed by atoms with E-state index in [0.29, 0.717) is 55.4 Å². The van der Waals surface area contributed by atoms with E-state index < -0.39 is 0 Å². The molecule has 3 aromatic heterocycles. The molecule has 1 aliphatic rings. The van der Waals surface area contributed by atoms with Crippen LogP contribution in [0.15, 0.2) is 53.5 Å². The Morgan fingerprint density at radius 2 is 1.77 bits per heavy atom. The van der Waals surface area contributed by atoms with Gasteiger partial charge in [-0.25, -0.2) is 4.98 Å². The van der Waals surface area contributed by atoms with Gasteiger partial charge in [0.1, 0.15) is 11.6 Å². The molecule has 1 fully saturated rings. The van der Waals surface area contributed by atoms with Crippen molar-refractivity contribution >= 4 is 28.4 Å². The van der Waals surface area contributed by atoms with Crippen molar-refractivity contribution in [1.29, 1.82) is 0 Å². The van der Waals surface area contributed by atoms with Crippen LogP contribution in [0.3, 0.4) is 0 Å². The zero-order valence-electron chi connectivity index (χ0n) is 20.3. The Kier molecular flexibility index (Phi) is 6.48. The second-order valence-corrected chi connectivity index (χ2v) is 9.46. The van der Waals surface area contributed by atoms with Gasteiger partial charge in [-0.15, -0.1) is 10.2 Å². The van der Waals surface area contributed by atoms with Crippen LogP contribution in [0, 0.1) is 5.92 Å². The minimum Gasteiger partial charge on any atom is -0.353 e. The molecule has 35 heavy (non-hydrogen) atoms. The number of piperazine rings is 1. The summed E-state index contributed by atoms with van der Waals surface area (Å²) in [5.74, 6) is 2.77. The largest absolute Gasteiger partial charge is 0.353 e. The van der Waals surface area contributed by atoms with E-state index >= 15 is 0 Å². The van der Waals surface area contributed by atoms with Crippen molar-refractivity contribution in [1.82, 2.24) is 29.0 Å². The number of aromatic nitrogens is 5. The van der Waals surface area contributed by atoms with Gasteiger partial charge >= 0.3 is 0 Å². The minimum atomic E-state index is -0.0467. The van der Waals surface area contributed by atoms with Crippen molar-refractivity contribution in [2.24, 2.45) is 5.92 Å². The van der Waals surface area contributed by atoms with Gasteiger partial charge in [0, 0.05) is 51.8 Å². The number of fused-ring (bicyclic) bond motifs is 3. The molecule has 182 valence electrons. The molecule has 5 rings (SSSR count). The Labute approximate surface area is 204 Å². The van der Waals surface area contributed by atoms with Gasteiger partial charge in [0.05, 0.1) is 10.9 Å². The lowest BCUT2D eigenvalue weighted by atomic mass is 10.1. The number of carbonyl (C=O) groups is 1. The van der Waals surface area contributed by atoms with Crippen molar-refractivity contribution in [3.05, 3.63) is 64.8 Å². The van der Waals surface area contributed by atoms with Gasteiger partial charge in [0.15, 0.2) is 0 Å². The average molecular weight is 474 g/mol. The number of anilines is 1. The van der Waals surface area contributed by atoms with Crippen molar-refractivity contribution in [2.45, 2.75) is 39.7 Å². The van der Waals surface area contributed by atoms with E-state index in [1.54, 1.807) is 10.8 Å². The fourth-order valence-electron chi connectivity index (χ4n) is 4.67. The van der Waals surface area contributed by atoms with E-state index in [9.17, 15) is 9.59 Å². The fraction of sp³-hybridized carbons (Fsp3) is 0.423. The second kappa shape index (κ2) is 9.85. The van der Waals surface area contributed by atoms with Gasteiger partial charge in [-0.3, -0.25) is 18.6 Å². The van der Waals surface area contributed by atoms with Gasteiger partial charge in [-0.1, -0.05) is 32.0 Å². The maximum Gasteiger partial charge on any atom is 0.262 e. The minimum absolute atomic E-state index is 0.0467. The second-order valence-electron chi connectivity index (χ2n) is 9.46. The van der Waals surface area contributed by atoms with Crippen LogP contribution in [-0.2, 0) is 17.8 Å². The Bertz CT molecular complexity index is 1390. The van der Waals surface area contributed by atoms with Crippen LogP contribution in [0.25, 0.3) is 16.7 Å². The standard InChI is InChI=1S/C26H31N7O2/c1-19(2)12-14-32-25(35)20-7-3-4-8-21(20)33-23(28-29-26(32)33)10-11-24(34)31-17-15-30(16-18-31)22-9-5-6-13-27-22/h3-9,13,19H,10-12,14-18H2,1-2H3. The number of carbonyl (C=O) groups excluding carboxylic acids is 1. The molecule has 0 radical (unpaired) electrons. The van der Waals surface area contributed by atoms with E-state index in [0.717, 1.165) is 30.8 Å². The molecule has 4 aromatic rings. The monoisotopic (exact) mass is 473 g/mol. The summed E-state index contributed by atoms with van der Waals surface area (Å²) in [6.07, 6.45) is 3.48. The molecule has 4 heterocycles. The molecule has 1 aromatic carbocycles. The number of pyridine rings is 1. The van der Waals surface area contributed by atoms with Gasteiger partial charge in [0.25, 0.3) is 5.56 Å². The van der Waals surface area contributed by atoms with E-state index in [-0.39, 0.29) is 11.5 Å². The number of benzene rings is 1. The fourth-order valence-corrected chi connectivity index (χ4v) is 4.67. The molecule has 0 aliphatic carbocycles. The van der Waals surface area contributed by atoms with E-state index in [1.165, 1.54) is 0 Å². The number of hydrogen-bond donors (Lipinski definition) is 0. The molecular formula is C26H31N7O2. The molecule has 1 aliphatic heterocycles. The predicted molar refractivity (Wildman–Crippen MR) is 136 cm³/mol. The highest BCUT2D eigenvalue weighted by molar-refractivity contribution is 5.80. The zero-order chi connectivity index (χ0) is 24.4. The summed E-state index contributed by atoms with van der Waals surface area (Å²) >= 11 is 0. The van der Waals surface area contributed by atoms with Crippen LogP contribution in [0.1, 0.15) is 32.5 Å². The number of nitrogens with zero attached hydrogens (tertiary/aromatic N) is 7. The summed E-state index contributed by atoms with van der Waals surface area (Å²) in [5, 5.41) is 9.43.